The highest BCUT2D eigenvalue weighted by Gasteiger charge is 2.25. The predicted molar refractivity (Wildman–Crippen MR) is 72.2 cm³/mol. The molecule has 0 aromatic heterocycles. The van der Waals surface area contributed by atoms with Crippen molar-refractivity contribution in [2.75, 3.05) is 13.1 Å². The molecule has 1 heterocycles. The maximum absolute atomic E-state index is 11.5. The Balaban J connectivity index is 2.43. The van der Waals surface area contributed by atoms with Gasteiger partial charge >= 0.3 is 6.03 Å². The lowest BCUT2D eigenvalue weighted by Gasteiger charge is -2.19. The van der Waals surface area contributed by atoms with Gasteiger partial charge in [0.15, 0.2) is 0 Å². The summed E-state index contributed by atoms with van der Waals surface area (Å²) in [6.07, 6.45) is 1.97. The van der Waals surface area contributed by atoms with Crippen LogP contribution in [0.5, 0.6) is 0 Å². The molecule has 2 amide bonds. The molecule has 5 nitrogen and oxygen atoms in total. The van der Waals surface area contributed by atoms with E-state index in [2.05, 4.69) is 17.7 Å². The van der Waals surface area contributed by atoms with Crippen molar-refractivity contribution in [3.8, 4) is 0 Å². The molecule has 0 bridgehead atoms. The number of rotatable bonds is 4. The van der Waals surface area contributed by atoms with Gasteiger partial charge in [0.1, 0.15) is 0 Å². The molecule has 0 radical (unpaired) electrons. The van der Waals surface area contributed by atoms with Gasteiger partial charge in [-0.3, -0.25) is 10.2 Å². The number of hydrogen-bond donors (Lipinski definition) is 2. The van der Waals surface area contributed by atoms with Crippen LogP contribution < -0.4 is 10.7 Å². The standard InChI is InChI=1S/C10H18ClN3O2S/c1-3-4-5-12-10(16)13-14-6-8(2)7-17(14)9(11)15/h7-8H,3-6H2,1-2H3,(H2,12,13,16). The molecule has 0 aliphatic carbocycles. The number of carbonyl (C=O) groups is 2. The Morgan fingerprint density at radius 2 is 2.29 bits per heavy atom. The summed E-state index contributed by atoms with van der Waals surface area (Å²) >= 11 is 5.48. The summed E-state index contributed by atoms with van der Waals surface area (Å²) in [6, 6.07) is -0.281. The van der Waals surface area contributed by atoms with Crippen LogP contribution in [0.1, 0.15) is 26.7 Å². The van der Waals surface area contributed by atoms with Crippen molar-refractivity contribution in [2.45, 2.75) is 26.7 Å². The fourth-order valence-corrected chi connectivity index (χ4v) is 3.38. The molecule has 0 spiro atoms. The fourth-order valence-electron chi connectivity index (χ4n) is 1.44. The molecular formula is C10H18ClN3O2S. The molecule has 0 saturated carbocycles. The first-order valence-corrected chi connectivity index (χ1v) is 7.26. The Morgan fingerprint density at radius 3 is 2.88 bits per heavy atom. The van der Waals surface area contributed by atoms with E-state index >= 15 is 0 Å². The Labute approximate surface area is 109 Å². The largest absolute Gasteiger partial charge is 0.337 e. The zero-order chi connectivity index (χ0) is 12.8. The lowest BCUT2D eigenvalue weighted by atomic mass is 10.2. The van der Waals surface area contributed by atoms with Crippen molar-refractivity contribution >= 4 is 38.2 Å². The summed E-state index contributed by atoms with van der Waals surface area (Å²) in [5.41, 5.74) is 2.66. The van der Waals surface area contributed by atoms with Crippen LogP contribution in [-0.4, -0.2) is 33.5 Å². The fraction of sp³-hybridized carbons (Fsp3) is 0.700. The molecule has 2 atom stereocenters. The van der Waals surface area contributed by atoms with Crippen LogP contribution in [0, 0.1) is 5.92 Å². The Morgan fingerprint density at radius 1 is 1.59 bits per heavy atom. The highest BCUT2D eigenvalue weighted by Crippen LogP contribution is 2.29. The van der Waals surface area contributed by atoms with E-state index in [-0.39, 0.29) is 11.9 Å². The van der Waals surface area contributed by atoms with Crippen LogP contribution in [0.15, 0.2) is 0 Å². The van der Waals surface area contributed by atoms with Gasteiger partial charge in [0, 0.05) is 13.1 Å². The summed E-state index contributed by atoms with van der Waals surface area (Å²) in [5.74, 6) is 0.247. The first kappa shape index (κ1) is 14.5. The zero-order valence-electron chi connectivity index (χ0n) is 10.0. The van der Waals surface area contributed by atoms with Crippen molar-refractivity contribution in [1.29, 1.82) is 0 Å². The van der Waals surface area contributed by atoms with Crippen LogP contribution in [0.25, 0.3) is 0 Å². The highest BCUT2D eigenvalue weighted by atomic mass is 35.5. The molecule has 98 valence electrons. The monoisotopic (exact) mass is 279 g/mol. The first-order chi connectivity index (χ1) is 8.04. The summed E-state index contributed by atoms with van der Waals surface area (Å²) in [6.45, 7) is 5.29. The maximum Gasteiger partial charge on any atom is 0.330 e. The number of carbonyl (C=O) groups excluding carboxylic acids is 2. The van der Waals surface area contributed by atoms with E-state index in [4.69, 9.17) is 11.6 Å². The normalized spacial score (nSPS) is 24.2. The SMILES string of the molecule is CCCCNC(=O)NN1CC(C)C=S1C(=O)Cl. The molecule has 0 aromatic rings. The molecule has 7 heteroatoms. The summed E-state index contributed by atoms with van der Waals surface area (Å²) in [5, 5.41) is 4.59. The zero-order valence-corrected chi connectivity index (χ0v) is 11.6. The number of urea groups is 1. The Kier molecular flexibility index (Phi) is 5.94. The smallest absolute Gasteiger partial charge is 0.330 e. The van der Waals surface area contributed by atoms with Gasteiger partial charge in [0.25, 0.3) is 4.57 Å². The molecule has 2 unspecified atom stereocenters. The quantitative estimate of drug-likeness (QED) is 0.472. The average molecular weight is 280 g/mol. The second kappa shape index (κ2) is 6.98. The lowest BCUT2D eigenvalue weighted by molar-refractivity contribution is 0.222. The van der Waals surface area contributed by atoms with Gasteiger partial charge in [-0.25, -0.2) is 4.79 Å². The average Bonchev–Trinajstić information content (AvgIpc) is 2.60. The topological polar surface area (TPSA) is 61.4 Å². The van der Waals surface area contributed by atoms with E-state index in [1.807, 2.05) is 12.3 Å². The molecule has 1 rings (SSSR count). The minimum Gasteiger partial charge on any atom is -0.337 e. The third kappa shape index (κ3) is 4.65. The number of hydrogen-bond acceptors (Lipinski definition) is 3. The minimum absolute atomic E-state index is 0.247. The van der Waals surface area contributed by atoms with Crippen LogP contribution in [0.2, 0.25) is 0 Å². The van der Waals surface area contributed by atoms with Crippen LogP contribution in [0.3, 0.4) is 0 Å². The summed E-state index contributed by atoms with van der Waals surface area (Å²) in [7, 11) is -0.812. The molecule has 1 aliphatic heterocycles. The van der Waals surface area contributed by atoms with Crippen LogP contribution in [-0.2, 0) is 0 Å². The maximum atomic E-state index is 11.5. The second-order valence-electron chi connectivity index (χ2n) is 3.95. The predicted octanol–water partition coefficient (Wildman–Crippen LogP) is 2.30. The third-order valence-electron chi connectivity index (χ3n) is 2.26. The van der Waals surface area contributed by atoms with Gasteiger partial charge in [-0.05, 0) is 40.0 Å². The molecular weight excluding hydrogens is 262 g/mol. The van der Waals surface area contributed by atoms with E-state index in [1.54, 1.807) is 4.41 Å². The summed E-state index contributed by atoms with van der Waals surface area (Å²) in [4.78, 5) is 22.7. The van der Waals surface area contributed by atoms with E-state index in [0.29, 0.717) is 13.1 Å². The number of hydrazine groups is 1. The van der Waals surface area contributed by atoms with Crippen molar-refractivity contribution in [3.63, 3.8) is 0 Å². The molecule has 0 fully saturated rings. The number of nitrogens with one attached hydrogen (secondary N) is 2. The second-order valence-corrected chi connectivity index (χ2v) is 6.23. The molecule has 17 heavy (non-hydrogen) atoms. The lowest BCUT2D eigenvalue weighted by Crippen LogP contribution is -2.45. The van der Waals surface area contributed by atoms with Crippen molar-refractivity contribution in [1.82, 2.24) is 15.2 Å². The number of halogens is 1. The van der Waals surface area contributed by atoms with Crippen molar-refractivity contribution in [3.05, 3.63) is 0 Å². The van der Waals surface area contributed by atoms with Gasteiger partial charge in [-0.1, -0.05) is 20.3 Å². The molecule has 0 saturated heterocycles. The number of unbranched alkanes of at least 4 members (excludes halogenated alkanes) is 1. The van der Waals surface area contributed by atoms with Crippen molar-refractivity contribution < 1.29 is 9.59 Å². The third-order valence-corrected chi connectivity index (χ3v) is 4.50. The van der Waals surface area contributed by atoms with Gasteiger partial charge in [-0.2, -0.15) is 4.41 Å². The van der Waals surface area contributed by atoms with E-state index in [9.17, 15) is 9.59 Å². The van der Waals surface area contributed by atoms with E-state index in [0.717, 1.165) is 12.8 Å². The van der Waals surface area contributed by atoms with Crippen LogP contribution in [0.4, 0.5) is 9.59 Å². The molecule has 1 aliphatic rings. The van der Waals surface area contributed by atoms with Crippen LogP contribution >= 0.6 is 22.3 Å². The molecule has 2 N–H and O–H groups in total. The van der Waals surface area contributed by atoms with Gasteiger partial charge in [0.2, 0.25) is 0 Å². The minimum atomic E-state index is -0.812. The van der Waals surface area contributed by atoms with Gasteiger partial charge in [0.05, 0.1) is 0 Å². The summed E-state index contributed by atoms with van der Waals surface area (Å²) < 4.78 is 1.16. The Bertz CT molecular complexity index is 336. The van der Waals surface area contributed by atoms with Gasteiger partial charge < -0.3 is 5.32 Å². The van der Waals surface area contributed by atoms with E-state index in [1.165, 1.54) is 0 Å². The Hall–Kier alpha value is -0.590. The van der Waals surface area contributed by atoms with Crippen molar-refractivity contribution in [2.24, 2.45) is 5.92 Å². The highest BCUT2D eigenvalue weighted by molar-refractivity contribution is 8.28. The van der Waals surface area contributed by atoms with Gasteiger partial charge in [-0.15, -0.1) is 0 Å². The number of amides is 2. The van der Waals surface area contributed by atoms with E-state index < -0.39 is 15.2 Å². The molecule has 0 aromatic carbocycles. The first-order valence-electron chi connectivity index (χ1n) is 5.64. The number of nitrogens with zero attached hydrogens (tertiary/aromatic N) is 1.